The van der Waals surface area contributed by atoms with Crippen LogP contribution in [0, 0.1) is 11.8 Å². The molecule has 1 saturated heterocycles. The molecule has 0 aliphatic carbocycles. The molecular formula is C13H20N4O2. The van der Waals surface area contributed by atoms with Crippen LogP contribution in [0.15, 0.2) is 18.3 Å². The molecule has 19 heavy (non-hydrogen) atoms. The van der Waals surface area contributed by atoms with Crippen LogP contribution in [0.5, 0.6) is 0 Å². The second-order valence-electron chi connectivity index (χ2n) is 4.96. The number of hydrazine groups is 1. The number of anilines is 1. The van der Waals surface area contributed by atoms with Gasteiger partial charge in [0.2, 0.25) is 0 Å². The number of carbonyl (C=O) groups is 1. The minimum absolute atomic E-state index is 0.0454. The number of nitrogen functional groups attached to an aromatic ring is 1. The van der Waals surface area contributed by atoms with Gasteiger partial charge in [0.15, 0.2) is 0 Å². The molecule has 0 amide bonds. The van der Waals surface area contributed by atoms with Gasteiger partial charge in [-0.15, -0.1) is 0 Å². The van der Waals surface area contributed by atoms with Gasteiger partial charge in [-0.3, -0.25) is 9.69 Å². The quantitative estimate of drug-likeness (QED) is 0.471. The molecule has 0 aromatic carbocycles. The Balaban J connectivity index is 2.03. The first-order valence-corrected chi connectivity index (χ1v) is 6.36. The van der Waals surface area contributed by atoms with Crippen molar-refractivity contribution in [1.82, 2.24) is 9.88 Å². The third-order valence-corrected chi connectivity index (χ3v) is 3.61. The van der Waals surface area contributed by atoms with Gasteiger partial charge in [0.25, 0.3) is 0 Å². The number of aromatic nitrogens is 1. The van der Waals surface area contributed by atoms with Gasteiger partial charge in [0.05, 0.1) is 13.0 Å². The third kappa shape index (κ3) is 3.02. The molecule has 1 aromatic rings. The van der Waals surface area contributed by atoms with Crippen molar-refractivity contribution < 1.29 is 9.53 Å². The number of methoxy groups -OCH3 is 1. The maximum absolute atomic E-state index is 11.7. The molecule has 2 atom stereocenters. The lowest BCUT2D eigenvalue weighted by atomic mass is 9.99. The second kappa shape index (κ2) is 5.99. The van der Waals surface area contributed by atoms with Crippen molar-refractivity contribution >= 4 is 11.8 Å². The molecule has 1 aliphatic heterocycles. The number of hydrogen-bond donors (Lipinski definition) is 2. The highest BCUT2D eigenvalue weighted by Gasteiger charge is 2.35. The van der Waals surface area contributed by atoms with Crippen molar-refractivity contribution in [1.29, 1.82) is 0 Å². The first-order chi connectivity index (χ1) is 9.15. The zero-order valence-corrected chi connectivity index (χ0v) is 11.3. The maximum atomic E-state index is 11.7. The van der Waals surface area contributed by atoms with Crippen LogP contribution in [-0.2, 0) is 16.1 Å². The van der Waals surface area contributed by atoms with Crippen LogP contribution in [0.1, 0.15) is 12.5 Å². The molecule has 3 N–H and O–H groups in total. The zero-order valence-electron chi connectivity index (χ0n) is 11.3. The Kier molecular flexibility index (Phi) is 4.34. The Bertz CT molecular complexity index is 452. The number of pyridine rings is 1. The van der Waals surface area contributed by atoms with Gasteiger partial charge in [-0.1, -0.05) is 13.0 Å². The Morgan fingerprint density at radius 3 is 3.11 bits per heavy atom. The average Bonchev–Trinajstić information content (AvgIpc) is 2.79. The Labute approximate surface area is 112 Å². The second-order valence-corrected chi connectivity index (χ2v) is 4.96. The van der Waals surface area contributed by atoms with E-state index in [2.05, 4.69) is 22.2 Å². The highest BCUT2D eigenvalue weighted by atomic mass is 16.5. The van der Waals surface area contributed by atoms with Gasteiger partial charge < -0.3 is 10.2 Å². The lowest BCUT2D eigenvalue weighted by Crippen LogP contribution is -2.25. The van der Waals surface area contributed by atoms with E-state index < -0.39 is 0 Å². The highest BCUT2D eigenvalue weighted by molar-refractivity contribution is 5.73. The van der Waals surface area contributed by atoms with E-state index in [1.54, 1.807) is 6.20 Å². The van der Waals surface area contributed by atoms with Gasteiger partial charge in [0.1, 0.15) is 5.82 Å². The lowest BCUT2D eigenvalue weighted by Gasteiger charge is -2.17. The Morgan fingerprint density at radius 1 is 1.63 bits per heavy atom. The molecule has 1 fully saturated rings. The van der Waals surface area contributed by atoms with Crippen LogP contribution in [0.25, 0.3) is 0 Å². The van der Waals surface area contributed by atoms with E-state index in [4.69, 9.17) is 10.6 Å². The van der Waals surface area contributed by atoms with Crippen LogP contribution < -0.4 is 11.3 Å². The summed E-state index contributed by atoms with van der Waals surface area (Å²) in [6.45, 7) is 4.39. The first kappa shape index (κ1) is 13.8. The van der Waals surface area contributed by atoms with Crippen molar-refractivity contribution in [3.05, 3.63) is 23.9 Å². The number of carbonyl (C=O) groups excluding carboxylic acids is 1. The maximum Gasteiger partial charge on any atom is 0.310 e. The summed E-state index contributed by atoms with van der Waals surface area (Å²) in [4.78, 5) is 18.1. The zero-order chi connectivity index (χ0) is 13.8. The van der Waals surface area contributed by atoms with Crippen molar-refractivity contribution in [2.75, 3.05) is 25.6 Å². The molecule has 2 unspecified atom stereocenters. The Hall–Kier alpha value is -1.66. The van der Waals surface area contributed by atoms with Crippen LogP contribution in [0.4, 0.5) is 5.82 Å². The monoisotopic (exact) mass is 264 g/mol. The van der Waals surface area contributed by atoms with E-state index in [-0.39, 0.29) is 11.9 Å². The standard InChI is InChI=1S/C13H20N4O2/c1-9-6-17(8-11(9)13(18)19-2)7-10-4-3-5-15-12(10)16-14/h3-5,9,11H,6-8,14H2,1-2H3,(H,15,16). The molecule has 0 spiro atoms. The van der Waals surface area contributed by atoms with Crippen molar-refractivity contribution in [2.24, 2.45) is 17.7 Å². The van der Waals surface area contributed by atoms with E-state index in [1.165, 1.54) is 7.11 Å². The fraction of sp³-hybridized carbons (Fsp3) is 0.538. The predicted molar refractivity (Wildman–Crippen MR) is 72.0 cm³/mol. The number of nitrogens with one attached hydrogen (secondary N) is 1. The molecule has 0 saturated carbocycles. The number of hydrogen-bond acceptors (Lipinski definition) is 6. The van der Waals surface area contributed by atoms with Gasteiger partial charge >= 0.3 is 5.97 Å². The minimum atomic E-state index is -0.127. The van der Waals surface area contributed by atoms with E-state index in [9.17, 15) is 4.79 Å². The largest absolute Gasteiger partial charge is 0.469 e. The minimum Gasteiger partial charge on any atom is -0.469 e. The lowest BCUT2D eigenvalue weighted by molar-refractivity contribution is -0.146. The summed E-state index contributed by atoms with van der Waals surface area (Å²) >= 11 is 0. The topological polar surface area (TPSA) is 80.5 Å². The van der Waals surface area contributed by atoms with Gasteiger partial charge in [-0.2, -0.15) is 0 Å². The van der Waals surface area contributed by atoms with Crippen molar-refractivity contribution in [3.8, 4) is 0 Å². The third-order valence-electron chi connectivity index (χ3n) is 3.61. The van der Waals surface area contributed by atoms with Crippen molar-refractivity contribution in [3.63, 3.8) is 0 Å². The fourth-order valence-electron chi connectivity index (χ4n) is 2.59. The molecule has 6 heteroatoms. The summed E-state index contributed by atoms with van der Waals surface area (Å²) in [5.74, 6) is 6.25. The summed E-state index contributed by atoms with van der Waals surface area (Å²) in [5, 5.41) is 0. The molecular weight excluding hydrogens is 244 g/mol. The molecule has 0 bridgehead atoms. The summed E-state index contributed by atoms with van der Waals surface area (Å²) in [6, 6.07) is 3.87. The number of likely N-dealkylation sites (tertiary alicyclic amines) is 1. The van der Waals surface area contributed by atoms with Crippen molar-refractivity contribution in [2.45, 2.75) is 13.5 Å². The highest BCUT2D eigenvalue weighted by Crippen LogP contribution is 2.26. The summed E-state index contributed by atoms with van der Waals surface area (Å²) in [5.41, 5.74) is 3.63. The average molecular weight is 264 g/mol. The van der Waals surface area contributed by atoms with Crippen LogP contribution in [-0.4, -0.2) is 36.1 Å². The smallest absolute Gasteiger partial charge is 0.310 e. The molecule has 6 nitrogen and oxygen atoms in total. The SMILES string of the molecule is COC(=O)C1CN(Cc2cccnc2NN)CC1C. The molecule has 2 rings (SSSR count). The number of esters is 1. The van der Waals surface area contributed by atoms with E-state index in [1.807, 2.05) is 12.1 Å². The summed E-state index contributed by atoms with van der Waals surface area (Å²) in [6.07, 6.45) is 1.70. The van der Waals surface area contributed by atoms with E-state index in [0.717, 1.165) is 18.7 Å². The normalized spacial score (nSPS) is 23.3. The fourth-order valence-corrected chi connectivity index (χ4v) is 2.59. The number of nitrogens with two attached hydrogens (primary N) is 1. The molecule has 1 aliphatic rings. The summed E-state index contributed by atoms with van der Waals surface area (Å²) < 4.78 is 4.84. The van der Waals surface area contributed by atoms with Crippen LogP contribution >= 0.6 is 0 Å². The van der Waals surface area contributed by atoms with E-state index >= 15 is 0 Å². The van der Waals surface area contributed by atoms with Gasteiger partial charge in [-0.05, 0) is 12.0 Å². The predicted octanol–water partition coefficient (Wildman–Crippen LogP) is 0.608. The van der Waals surface area contributed by atoms with Gasteiger partial charge in [0, 0.05) is 31.4 Å². The number of rotatable bonds is 4. The molecule has 2 heterocycles. The Morgan fingerprint density at radius 2 is 2.42 bits per heavy atom. The van der Waals surface area contributed by atoms with E-state index in [0.29, 0.717) is 18.3 Å². The van der Waals surface area contributed by atoms with Crippen LogP contribution in [0.2, 0.25) is 0 Å². The summed E-state index contributed by atoms with van der Waals surface area (Å²) in [7, 11) is 1.44. The van der Waals surface area contributed by atoms with Crippen LogP contribution in [0.3, 0.4) is 0 Å². The number of nitrogens with zero attached hydrogens (tertiary/aromatic N) is 2. The molecule has 104 valence electrons. The number of ether oxygens (including phenoxy) is 1. The molecule has 1 aromatic heterocycles. The molecule has 0 radical (unpaired) electrons. The van der Waals surface area contributed by atoms with Gasteiger partial charge in [-0.25, -0.2) is 10.8 Å². The first-order valence-electron chi connectivity index (χ1n) is 6.36.